The molecule has 1 atom stereocenters. The second kappa shape index (κ2) is 5.90. The van der Waals surface area contributed by atoms with E-state index in [0.717, 1.165) is 23.4 Å². The van der Waals surface area contributed by atoms with Crippen LogP contribution in [0.2, 0.25) is 0 Å². The smallest absolute Gasteiger partial charge is 0.0713 e. The van der Waals surface area contributed by atoms with E-state index < -0.39 is 0 Å². The molecule has 2 aromatic rings. The summed E-state index contributed by atoms with van der Waals surface area (Å²) in [5, 5.41) is 1.20. The molecule has 0 saturated carbocycles. The summed E-state index contributed by atoms with van der Waals surface area (Å²) in [6.07, 6.45) is 4.66. The van der Waals surface area contributed by atoms with Crippen molar-refractivity contribution >= 4 is 22.7 Å². The standard InChI is InChI=1S/C15H18N2OS/c16-8-11-9-17-14-6-2-1-5-13(14)15(11)19-10-12-4-3-7-18-12/h1-2,5-6,9,12H,3-4,7-8,10,16H2. The van der Waals surface area contributed by atoms with Gasteiger partial charge in [-0.15, -0.1) is 11.8 Å². The van der Waals surface area contributed by atoms with Gasteiger partial charge in [-0.05, 0) is 24.5 Å². The molecule has 0 spiro atoms. The van der Waals surface area contributed by atoms with Gasteiger partial charge in [-0.2, -0.15) is 0 Å². The van der Waals surface area contributed by atoms with Gasteiger partial charge in [0.1, 0.15) is 0 Å². The number of ether oxygens (including phenoxy) is 1. The zero-order chi connectivity index (χ0) is 13.1. The van der Waals surface area contributed by atoms with E-state index in [1.54, 1.807) is 0 Å². The molecule has 2 N–H and O–H groups in total. The largest absolute Gasteiger partial charge is 0.377 e. The summed E-state index contributed by atoms with van der Waals surface area (Å²) in [6, 6.07) is 8.25. The molecule has 0 amide bonds. The van der Waals surface area contributed by atoms with E-state index in [4.69, 9.17) is 10.5 Å². The van der Waals surface area contributed by atoms with Gasteiger partial charge in [-0.3, -0.25) is 4.98 Å². The molecule has 1 saturated heterocycles. The first kappa shape index (κ1) is 12.9. The second-order valence-corrected chi connectivity index (χ2v) is 5.81. The zero-order valence-electron chi connectivity index (χ0n) is 10.8. The minimum absolute atomic E-state index is 0.391. The average molecular weight is 274 g/mol. The summed E-state index contributed by atoms with van der Waals surface area (Å²) >= 11 is 1.85. The molecule has 1 aromatic carbocycles. The first-order valence-electron chi connectivity index (χ1n) is 6.69. The Morgan fingerprint density at radius 2 is 2.26 bits per heavy atom. The maximum Gasteiger partial charge on any atom is 0.0713 e. The fraction of sp³-hybridized carbons (Fsp3) is 0.400. The number of aromatic nitrogens is 1. The van der Waals surface area contributed by atoms with Crippen LogP contribution >= 0.6 is 11.8 Å². The van der Waals surface area contributed by atoms with Crippen molar-refractivity contribution in [3.8, 4) is 0 Å². The SMILES string of the molecule is NCc1cnc2ccccc2c1SCC1CCCO1. The third-order valence-corrected chi connectivity index (χ3v) is 4.77. The van der Waals surface area contributed by atoms with Gasteiger partial charge in [0.25, 0.3) is 0 Å². The number of nitrogens with zero attached hydrogens (tertiary/aromatic N) is 1. The highest BCUT2D eigenvalue weighted by atomic mass is 32.2. The van der Waals surface area contributed by atoms with E-state index in [2.05, 4.69) is 17.1 Å². The molecule has 0 bridgehead atoms. The summed E-state index contributed by atoms with van der Waals surface area (Å²) in [6.45, 7) is 1.44. The topological polar surface area (TPSA) is 48.1 Å². The molecule has 1 fully saturated rings. The van der Waals surface area contributed by atoms with Crippen molar-refractivity contribution in [2.75, 3.05) is 12.4 Å². The van der Waals surface area contributed by atoms with Crippen LogP contribution in [0.5, 0.6) is 0 Å². The maximum absolute atomic E-state index is 5.84. The lowest BCUT2D eigenvalue weighted by Gasteiger charge is -2.13. The number of para-hydroxylation sites is 1. The number of rotatable bonds is 4. The molecule has 1 aliphatic heterocycles. The van der Waals surface area contributed by atoms with Crippen LogP contribution in [-0.2, 0) is 11.3 Å². The first-order chi connectivity index (χ1) is 9.38. The highest BCUT2D eigenvalue weighted by molar-refractivity contribution is 7.99. The summed E-state index contributed by atoms with van der Waals surface area (Å²) in [5.41, 5.74) is 8.00. The summed E-state index contributed by atoms with van der Waals surface area (Å²) in [7, 11) is 0. The Morgan fingerprint density at radius 1 is 1.37 bits per heavy atom. The van der Waals surface area contributed by atoms with Gasteiger partial charge in [-0.25, -0.2) is 0 Å². The maximum atomic E-state index is 5.84. The molecule has 3 rings (SSSR count). The van der Waals surface area contributed by atoms with Crippen LogP contribution < -0.4 is 5.73 Å². The zero-order valence-corrected chi connectivity index (χ0v) is 11.7. The van der Waals surface area contributed by atoms with Gasteiger partial charge < -0.3 is 10.5 Å². The predicted molar refractivity (Wildman–Crippen MR) is 79.3 cm³/mol. The van der Waals surface area contributed by atoms with Gasteiger partial charge in [0.15, 0.2) is 0 Å². The van der Waals surface area contributed by atoms with Gasteiger partial charge >= 0.3 is 0 Å². The van der Waals surface area contributed by atoms with Crippen molar-refractivity contribution in [3.05, 3.63) is 36.0 Å². The second-order valence-electron chi connectivity index (χ2n) is 4.78. The van der Waals surface area contributed by atoms with E-state index in [0.29, 0.717) is 12.6 Å². The Kier molecular flexibility index (Phi) is 4.01. The molecule has 3 nitrogen and oxygen atoms in total. The number of benzene rings is 1. The summed E-state index contributed by atoms with van der Waals surface area (Å²) in [4.78, 5) is 5.74. The summed E-state index contributed by atoms with van der Waals surface area (Å²) < 4.78 is 5.69. The van der Waals surface area contributed by atoms with Gasteiger partial charge in [0, 0.05) is 35.4 Å². The number of pyridine rings is 1. The molecule has 4 heteroatoms. The molecule has 19 heavy (non-hydrogen) atoms. The van der Waals surface area contributed by atoms with Crippen LogP contribution in [0.25, 0.3) is 10.9 Å². The molecular weight excluding hydrogens is 256 g/mol. The molecule has 1 unspecified atom stereocenters. The number of nitrogens with two attached hydrogens (primary N) is 1. The highest BCUT2D eigenvalue weighted by Crippen LogP contribution is 2.32. The van der Waals surface area contributed by atoms with Crippen LogP contribution in [-0.4, -0.2) is 23.4 Å². The van der Waals surface area contributed by atoms with E-state index >= 15 is 0 Å². The fourth-order valence-corrected chi connectivity index (χ4v) is 3.69. The fourth-order valence-electron chi connectivity index (χ4n) is 2.43. The normalized spacial score (nSPS) is 19.1. The van der Waals surface area contributed by atoms with Crippen molar-refractivity contribution in [2.24, 2.45) is 5.73 Å². The van der Waals surface area contributed by atoms with Gasteiger partial charge in [-0.1, -0.05) is 18.2 Å². The molecule has 100 valence electrons. The first-order valence-corrected chi connectivity index (χ1v) is 7.68. The van der Waals surface area contributed by atoms with E-state index in [1.807, 2.05) is 30.1 Å². The molecule has 1 aromatic heterocycles. The highest BCUT2D eigenvalue weighted by Gasteiger charge is 2.17. The lowest BCUT2D eigenvalue weighted by molar-refractivity contribution is 0.129. The Labute approximate surface area is 117 Å². The Hall–Kier alpha value is -1.10. The lowest BCUT2D eigenvalue weighted by atomic mass is 10.1. The predicted octanol–water partition coefficient (Wildman–Crippen LogP) is 2.96. The van der Waals surface area contributed by atoms with Crippen LogP contribution in [0, 0.1) is 0 Å². The molecule has 0 aliphatic carbocycles. The molecule has 0 radical (unpaired) electrons. The van der Waals surface area contributed by atoms with Crippen LogP contribution in [0.1, 0.15) is 18.4 Å². The van der Waals surface area contributed by atoms with Crippen LogP contribution in [0.3, 0.4) is 0 Å². The van der Waals surface area contributed by atoms with E-state index in [-0.39, 0.29) is 0 Å². The number of fused-ring (bicyclic) bond motifs is 1. The Morgan fingerprint density at radius 3 is 3.05 bits per heavy atom. The average Bonchev–Trinajstić information content (AvgIpc) is 2.97. The number of hydrogen-bond acceptors (Lipinski definition) is 4. The Balaban J connectivity index is 1.90. The molecular formula is C15H18N2OS. The van der Waals surface area contributed by atoms with Crippen molar-refractivity contribution in [1.29, 1.82) is 0 Å². The third kappa shape index (κ3) is 2.76. The number of thioether (sulfide) groups is 1. The minimum Gasteiger partial charge on any atom is -0.377 e. The quantitative estimate of drug-likeness (QED) is 0.871. The van der Waals surface area contributed by atoms with Crippen molar-refractivity contribution < 1.29 is 4.74 Å². The van der Waals surface area contributed by atoms with E-state index in [1.165, 1.54) is 23.1 Å². The number of hydrogen-bond donors (Lipinski definition) is 1. The molecule has 2 heterocycles. The Bertz CT molecular complexity index is 567. The lowest BCUT2D eigenvalue weighted by Crippen LogP contribution is -2.09. The van der Waals surface area contributed by atoms with Crippen LogP contribution in [0.15, 0.2) is 35.4 Å². The third-order valence-electron chi connectivity index (χ3n) is 3.46. The van der Waals surface area contributed by atoms with Gasteiger partial charge in [0.05, 0.1) is 11.6 Å². The van der Waals surface area contributed by atoms with Crippen molar-refractivity contribution in [3.63, 3.8) is 0 Å². The van der Waals surface area contributed by atoms with E-state index in [9.17, 15) is 0 Å². The monoisotopic (exact) mass is 274 g/mol. The van der Waals surface area contributed by atoms with Gasteiger partial charge in [0.2, 0.25) is 0 Å². The van der Waals surface area contributed by atoms with Crippen LogP contribution in [0.4, 0.5) is 0 Å². The van der Waals surface area contributed by atoms with Crippen molar-refractivity contribution in [2.45, 2.75) is 30.4 Å². The minimum atomic E-state index is 0.391. The summed E-state index contributed by atoms with van der Waals surface area (Å²) in [5.74, 6) is 1.00. The van der Waals surface area contributed by atoms with Crippen molar-refractivity contribution in [1.82, 2.24) is 4.98 Å². The molecule has 1 aliphatic rings.